The van der Waals surface area contributed by atoms with E-state index in [1.807, 2.05) is 24.0 Å². The molecule has 1 heterocycles. The molecule has 6 nitrogen and oxygen atoms in total. The standard InChI is InChI=1S/C19H25NO5/c1-13(2)18-16(23-3)10-14(11-17(18)24-4)9-15(19(21)22)12-20-5-7-25-8-6-20/h10-12H,1,5-9H2,2-4H3,(H,21,22). The third kappa shape index (κ3) is 4.76. The second-order valence-electron chi connectivity index (χ2n) is 5.94. The van der Waals surface area contributed by atoms with Crippen molar-refractivity contribution < 1.29 is 24.1 Å². The van der Waals surface area contributed by atoms with E-state index in [1.54, 1.807) is 20.4 Å². The van der Waals surface area contributed by atoms with Crippen molar-refractivity contribution in [3.05, 3.63) is 41.6 Å². The van der Waals surface area contributed by atoms with Crippen LogP contribution in [0.25, 0.3) is 5.57 Å². The summed E-state index contributed by atoms with van der Waals surface area (Å²) in [5, 5.41) is 9.56. The first-order valence-electron chi connectivity index (χ1n) is 8.12. The lowest BCUT2D eigenvalue weighted by Crippen LogP contribution is -2.33. The Kier molecular flexibility index (Phi) is 6.47. The van der Waals surface area contributed by atoms with Crippen LogP contribution < -0.4 is 9.47 Å². The number of nitrogens with zero attached hydrogens (tertiary/aromatic N) is 1. The Morgan fingerprint density at radius 3 is 2.28 bits per heavy atom. The smallest absolute Gasteiger partial charge is 0.333 e. The minimum atomic E-state index is -0.937. The summed E-state index contributed by atoms with van der Waals surface area (Å²) in [6.45, 7) is 8.43. The van der Waals surface area contributed by atoms with Crippen molar-refractivity contribution >= 4 is 11.5 Å². The zero-order valence-corrected chi connectivity index (χ0v) is 15.0. The van der Waals surface area contributed by atoms with Crippen molar-refractivity contribution in [2.75, 3.05) is 40.5 Å². The highest BCUT2D eigenvalue weighted by atomic mass is 16.5. The van der Waals surface area contributed by atoms with Crippen LogP contribution in [0.4, 0.5) is 0 Å². The second-order valence-corrected chi connectivity index (χ2v) is 5.94. The molecular weight excluding hydrogens is 322 g/mol. The summed E-state index contributed by atoms with van der Waals surface area (Å²) >= 11 is 0. The molecule has 25 heavy (non-hydrogen) atoms. The van der Waals surface area contributed by atoms with E-state index in [2.05, 4.69) is 6.58 Å². The number of carbonyl (C=O) groups is 1. The first-order valence-corrected chi connectivity index (χ1v) is 8.12. The van der Waals surface area contributed by atoms with Crippen molar-refractivity contribution in [3.8, 4) is 11.5 Å². The molecule has 0 aliphatic carbocycles. The highest BCUT2D eigenvalue weighted by molar-refractivity contribution is 5.87. The zero-order valence-electron chi connectivity index (χ0n) is 15.0. The van der Waals surface area contributed by atoms with Crippen molar-refractivity contribution in [1.29, 1.82) is 0 Å². The molecule has 0 bridgehead atoms. The predicted octanol–water partition coefficient (Wildman–Crippen LogP) is 2.58. The van der Waals surface area contributed by atoms with Crippen molar-refractivity contribution in [2.24, 2.45) is 0 Å². The lowest BCUT2D eigenvalue weighted by Gasteiger charge is -2.26. The van der Waals surface area contributed by atoms with Crippen LogP contribution in [0.15, 0.2) is 30.5 Å². The number of benzene rings is 1. The molecule has 0 saturated carbocycles. The van der Waals surface area contributed by atoms with Gasteiger partial charge in [0.15, 0.2) is 0 Å². The minimum absolute atomic E-state index is 0.274. The van der Waals surface area contributed by atoms with Gasteiger partial charge >= 0.3 is 5.97 Å². The monoisotopic (exact) mass is 347 g/mol. The molecule has 1 aliphatic rings. The third-order valence-electron chi connectivity index (χ3n) is 4.05. The summed E-state index contributed by atoms with van der Waals surface area (Å²) in [5.74, 6) is 0.310. The van der Waals surface area contributed by atoms with Gasteiger partial charge in [0.05, 0.1) is 38.6 Å². The van der Waals surface area contributed by atoms with Gasteiger partial charge in [-0.1, -0.05) is 6.58 Å². The zero-order chi connectivity index (χ0) is 18.4. The SMILES string of the molecule is C=C(C)c1c(OC)cc(CC(=CN2CCOCC2)C(=O)O)cc1OC. The van der Waals surface area contributed by atoms with Crippen LogP contribution in [-0.2, 0) is 16.0 Å². The van der Waals surface area contributed by atoms with Crippen molar-refractivity contribution in [1.82, 2.24) is 4.90 Å². The maximum atomic E-state index is 11.7. The fourth-order valence-electron chi connectivity index (χ4n) is 2.81. The molecule has 1 N–H and O–H groups in total. The minimum Gasteiger partial charge on any atom is -0.496 e. The Labute approximate surface area is 148 Å². The van der Waals surface area contributed by atoms with Crippen LogP contribution in [0.1, 0.15) is 18.1 Å². The molecule has 136 valence electrons. The van der Waals surface area contributed by atoms with Crippen molar-refractivity contribution in [3.63, 3.8) is 0 Å². The number of morpholine rings is 1. The van der Waals surface area contributed by atoms with E-state index in [4.69, 9.17) is 14.2 Å². The van der Waals surface area contributed by atoms with Gasteiger partial charge in [0.1, 0.15) is 11.5 Å². The van der Waals surface area contributed by atoms with E-state index in [0.717, 1.165) is 16.7 Å². The van der Waals surface area contributed by atoms with E-state index < -0.39 is 5.97 Å². The van der Waals surface area contributed by atoms with E-state index >= 15 is 0 Å². The summed E-state index contributed by atoms with van der Waals surface area (Å²) in [6, 6.07) is 3.67. The number of hydrogen-bond donors (Lipinski definition) is 1. The molecule has 0 atom stereocenters. The second kappa shape index (κ2) is 8.58. The van der Waals surface area contributed by atoms with E-state index in [0.29, 0.717) is 43.4 Å². The summed E-state index contributed by atoms with van der Waals surface area (Å²) in [6.07, 6.45) is 1.98. The Morgan fingerprint density at radius 2 is 1.84 bits per heavy atom. The fourth-order valence-corrected chi connectivity index (χ4v) is 2.81. The van der Waals surface area contributed by atoms with E-state index in [9.17, 15) is 9.90 Å². The number of rotatable bonds is 7. The number of allylic oxidation sites excluding steroid dienone is 1. The summed E-state index contributed by atoms with van der Waals surface area (Å²) in [4.78, 5) is 13.6. The van der Waals surface area contributed by atoms with Gasteiger partial charge in [-0.05, 0) is 30.2 Å². The van der Waals surface area contributed by atoms with Crippen LogP contribution in [-0.4, -0.2) is 56.5 Å². The quantitative estimate of drug-likeness (QED) is 0.765. The molecule has 0 unspecified atom stereocenters. The lowest BCUT2D eigenvalue weighted by atomic mass is 9.99. The molecule has 0 radical (unpaired) electrons. The number of aliphatic carboxylic acids is 1. The first-order chi connectivity index (χ1) is 12.0. The van der Waals surface area contributed by atoms with Gasteiger partial charge in [-0.3, -0.25) is 0 Å². The number of carboxylic acids is 1. The molecule has 0 aromatic heterocycles. The largest absolute Gasteiger partial charge is 0.496 e. The van der Waals surface area contributed by atoms with Gasteiger partial charge in [0.2, 0.25) is 0 Å². The number of ether oxygens (including phenoxy) is 3. The highest BCUT2D eigenvalue weighted by Crippen LogP contribution is 2.36. The van der Waals surface area contributed by atoms with Crippen LogP contribution >= 0.6 is 0 Å². The number of methoxy groups -OCH3 is 2. The average molecular weight is 347 g/mol. The molecule has 0 spiro atoms. The van der Waals surface area contributed by atoms with Gasteiger partial charge in [0.25, 0.3) is 0 Å². The van der Waals surface area contributed by atoms with Crippen LogP contribution in [0.2, 0.25) is 0 Å². The maximum Gasteiger partial charge on any atom is 0.333 e. The summed E-state index contributed by atoms with van der Waals surface area (Å²) < 4.78 is 16.2. The molecule has 1 aromatic rings. The van der Waals surface area contributed by atoms with Crippen LogP contribution in [0.5, 0.6) is 11.5 Å². The van der Waals surface area contributed by atoms with Gasteiger partial charge in [0, 0.05) is 25.7 Å². The summed E-state index contributed by atoms with van der Waals surface area (Å²) in [7, 11) is 3.15. The normalized spacial score (nSPS) is 15.0. The molecule has 2 rings (SSSR count). The first kappa shape index (κ1) is 18.9. The van der Waals surface area contributed by atoms with Gasteiger partial charge < -0.3 is 24.2 Å². The average Bonchev–Trinajstić information content (AvgIpc) is 2.60. The molecule has 1 aromatic carbocycles. The fraction of sp³-hybridized carbons (Fsp3) is 0.421. The molecule has 0 amide bonds. The predicted molar refractivity (Wildman–Crippen MR) is 96.1 cm³/mol. The third-order valence-corrected chi connectivity index (χ3v) is 4.05. The Bertz CT molecular complexity index is 649. The Hall–Kier alpha value is -2.47. The Balaban J connectivity index is 2.34. The number of hydrogen-bond acceptors (Lipinski definition) is 5. The summed E-state index contributed by atoms with van der Waals surface area (Å²) in [5.41, 5.74) is 2.74. The molecule has 1 fully saturated rings. The van der Waals surface area contributed by atoms with Gasteiger partial charge in [-0.15, -0.1) is 0 Å². The highest BCUT2D eigenvalue weighted by Gasteiger charge is 2.17. The van der Waals surface area contributed by atoms with Crippen LogP contribution in [0.3, 0.4) is 0 Å². The number of carboxylic acid groups (broad SMARTS) is 1. The Morgan fingerprint density at radius 1 is 1.28 bits per heavy atom. The molecule has 1 saturated heterocycles. The van der Waals surface area contributed by atoms with Crippen LogP contribution in [0, 0.1) is 0 Å². The maximum absolute atomic E-state index is 11.7. The molecular formula is C19H25NO5. The van der Waals surface area contributed by atoms with Gasteiger partial charge in [-0.25, -0.2) is 4.79 Å². The van der Waals surface area contributed by atoms with E-state index in [1.165, 1.54) is 0 Å². The lowest BCUT2D eigenvalue weighted by molar-refractivity contribution is -0.132. The molecule has 6 heteroatoms. The van der Waals surface area contributed by atoms with E-state index in [-0.39, 0.29) is 6.42 Å². The van der Waals surface area contributed by atoms with Gasteiger partial charge in [-0.2, -0.15) is 0 Å². The molecule has 1 aliphatic heterocycles. The topological polar surface area (TPSA) is 68.2 Å². The van der Waals surface area contributed by atoms with Crippen molar-refractivity contribution in [2.45, 2.75) is 13.3 Å².